The molecule has 2 aliphatic heterocycles. The minimum Gasteiger partial charge on any atom is -0.340 e. The van der Waals surface area contributed by atoms with E-state index in [-0.39, 0.29) is 43.5 Å². The monoisotopic (exact) mass is 369 g/mol. The Morgan fingerprint density at radius 1 is 1.08 bits per heavy atom. The lowest BCUT2D eigenvalue weighted by Gasteiger charge is -2.34. The largest absolute Gasteiger partial charge is 0.340 e. The highest BCUT2D eigenvalue weighted by molar-refractivity contribution is 7.16. The second-order valence-electron chi connectivity index (χ2n) is 6.05. The van der Waals surface area contributed by atoms with Crippen molar-refractivity contribution in [2.75, 3.05) is 32.7 Å². The lowest BCUT2D eigenvalue weighted by atomic mass is 10.2. The molecule has 0 unspecified atom stereocenters. The average Bonchev–Trinajstić information content (AvgIpc) is 3.12. The summed E-state index contributed by atoms with van der Waals surface area (Å²) in [5.74, 6) is -0.305. The molecule has 2 fully saturated rings. The van der Waals surface area contributed by atoms with E-state index in [9.17, 15) is 14.4 Å². The second kappa shape index (κ2) is 7.63. The van der Waals surface area contributed by atoms with Gasteiger partial charge >= 0.3 is 0 Å². The third kappa shape index (κ3) is 4.15. The highest BCUT2D eigenvalue weighted by Gasteiger charge is 2.30. The van der Waals surface area contributed by atoms with Crippen molar-refractivity contribution in [2.45, 2.75) is 25.8 Å². The zero-order valence-electron chi connectivity index (χ0n) is 13.4. The summed E-state index contributed by atoms with van der Waals surface area (Å²) in [5.41, 5.74) is 0. The fraction of sp³-hybridized carbons (Fsp3) is 0.562. The van der Waals surface area contributed by atoms with Gasteiger partial charge in [-0.05, 0) is 12.1 Å². The Morgan fingerprint density at radius 3 is 2.33 bits per heavy atom. The summed E-state index contributed by atoms with van der Waals surface area (Å²) in [4.78, 5) is 42.0. The topological polar surface area (TPSA) is 60.9 Å². The quantitative estimate of drug-likeness (QED) is 0.739. The normalized spacial score (nSPS) is 19.4. The van der Waals surface area contributed by atoms with Crippen LogP contribution < -0.4 is 0 Å². The molecule has 0 aliphatic carbocycles. The number of imide groups is 1. The van der Waals surface area contributed by atoms with Crippen molar-refractivity contribution >= 4 is 40.7 Å². The smallest absolute Gasteiger partial charge is 0.229 e. The first-order chi connectivity index (χ1) is 11.5. The van der Waals surface area contributed by atoms with E-state index in [0.717, 1.165) is 24.0 Å². The van der Waals surface area contributed by atoms with E-state index in [1.165, 1.54) is 9.78 Å². The Hall–Kier alpha value is -1.44. The van der Waals surface area contributed by atoms with Crippen LogP contribution in [0.3, 0.4) is 0 Å². The molecule has 24 heavy (non-hydrogen) atoms. The zero-order valence-corrected chi connectivity index (χ0v) is 14.9. The Bertz CT molecular complexity index is 624. The summed E-state index contributed by atoms with van der Waals surface area (Å²) in [6.45, 7) is 4.08. The number of hydrogen-bond acceptors (Lipinski definition) is 5. The molecule has 6 nitrogen and oxygen atoms in total. The molecule has 0 radical (unpaired) electrons. The van der Waals surface area contributed by atoms with Gasteiger partial charge in [-0.25, -0.2) is 0 Å². The van der Waals surface area contributed by atoms with Crippen molar-refractivity contribution in [1.29, 1.82) is 0 Å². The number of carbonyl (C=O) groups excluding carboxylic acids is 3. The third-order valence-electron chi connectivity index (χ3n) is 4.44. The molecule has 0 spiro atoms. The molecular weight excluding hydrogens is 350 g/mol. The van der Waals surface area contributed by atoms with Gasteiger partial charge in [0.2, 0.25) is 17.7 Å². The lowest BCUT2D eigenvalue weighted by molar-refractivity contribution is -0.139. The predicted molar refractivity (Wildman–Crippen MR) is 91.8 cm³/mol. The van der Waals surface area contributed by atoms with Gasteiger partial charge in [0.05, 0.1) is 4.34 Å². The van der Waals surface area contributed by atoms with Crippen LogP contribution in [0.25, 0.3) is 0 Å². The summed E-state index contributed by atoms with van der Waals surface area (Å²) in [6, 6.07) is 3.94. The van der Waals surface area contributed by atoms with Crippen molar-refractivity contribution in [3.05, 3.63) is 21.3 Å². The minimum atomic E-state index is -0.160. The van der Waals surface area contributed by atoms with Crippen molar-refractivity contribution in [3.63, 3.8) is 0 Å². The van der Waals surface area contributed by atoms with E-state index >= 15 is 0 Å². The highest BCUT2D eigenvalue weighted by Crippen LogP contribution is 2.23. The van der Waals surface area contributed by atoms with Crippen molar-refractivity contribution in [2.24, 2.45) is 0 Å². The number of halogens is 1. The maximum Gasteiger partial charge on any atom is 0.229 e. The SMILES string of the molecule is O=C(CCN1C(=O)CCC1=O)N1CCN(Cc2ccc(Cl)s2)CC1. The summed E-state index contributed by atoms with van der Waals surface area (Å²) in [6.07, 6.45) is 0.773. The summed E-state index contributed by atoms with van der Waals surface area (Å²) >= 11 is 7.53. The van der Waals surface area contributed by atoms with Gasteiger partial charge in [0.15, 0.2) is 0 Å². The summed E-state index contributed by atoms with van der Waals surface area (Å²) in [7, 11) is 0. The maximum atomic E-state index is 12.3. The van der Waals surface area contributed by atoms with Crippen LogP contribution in [0.15, 0.2) is 12.1 Å². The molecule has 0 atom stereocenters. The molecule has 2 saturated heterocycles. The van der Waals surface area contributed by atoms with Crippen LogP contribution in [-0.2, 0) is 20.9 Å². The van der Waals surface area contributed by atoms with Crippen LogP contribution >= 0.6 is 22.9 Å². The molecule has 3 heterocycles. The van der Waals surface area contributed by atoms with Gasteiger partial charge in [0, 0.05) is 63.4 Å². The van der Waals surface area contributed by atoms with Gasteiger partial charge in [-0.1, -0.05) is 11.6 Å². The molecule has 3 rings (SSSR count). The van der Waals surface area contributed by atoms with Gasteiger partial charge in [-0.2, -0.15) is 0 Å². The number of nitrogens with zero attached hydrogens (tertiary/aromatic N) is 3. The van der Waals surface area contributed by atoms with Crippen LogP contribution in [0.1, 0.15) is 24.1 Å². The molecule has 130 valence electrons. The summed E-state index contributed by atoms with van der Waals surface area (Å²) in [5, 5.41) is 0. The number of amides is 3. The van der Waals surface area contributed by atoms with Crippen LogP contribution in [0.2, 0.25) is 4.34 Å². The van der Waals surface area contributed by atoms with Gasteiger partial charge in [0.1, 0.15) is 0 Å². The number of rotatable bonds is 5. The third-order valence-corrected chi connectivity index (χ3v) is 5.65. The molecule has 0 aromatic carbocycles. The molecular formula is C16H20ClN3O3S. The van der Waals surface area contributed by atoms with E-state index in [1.807, 2.05) is 17.0 Å². The van der Waals surface area contributed by atoms with Gasteiger partial charge < -0.3 is 4.90 Å². The van der Waals surface area contributed by atoms with Gasteiger partial charge in [-0.3, -0.25) is 24.2 Å². The second-order valence-corrected chi connectivity index (χ2v) is 7.85. The molecule has 0 N–H and O–H groups in total. The standard InChI is InChI=1S/C16H20ClN3O3S/c17-13-2-1-12(24-13)11-18-7-9-19(10-8-18)14(21)5-6-20-15(22)3-4-16(20)23/h1-2H,3-11H2. The molecule has 1 aromatic rings. The van der Waals surface area contributed by atoms with Crippen LogP contribution in [0.5, 0.6) is 0 Å². The molecule has 0 saturated carbocycles. The van der Waals surface area contributed by atoms with Crippen molar-refractivity contribution < 1.29 is 14.4 Å². The minimum absolute atomic E-state index is 0.0151. The molecule has 3 amide bonds. The molecule has 2 aliphatic rings. The maximum absolute atomic E-state index is 12.3. The van der Waals surface area contributed by atoms with E-state index in [1.54, 1.807) is 11.3 Å². The first kappa shape index (κ1) is 17.4. The highest BCUT2D eigenvalue weighted by atomic mass is 35.5. The van der Waals surface area contributed by atoms with Crippen LogP contribution in [0, 0.1) is 0 Å². The Morgan fingerprint density at radius 2 is 1.75 bits per heavy atom. The van der Waals surface area contributed by atoms with Crippen LogP contribution in [-0.4, -0.2) is 65.1 Å². The Balaban J connectivity index is 1.41. The number of hydrogen-bond donors (Lipinski definition) is 0. The van der Waals surface area contributed by atoms with Crippen molar-refractivity contribution in [1.82, 2.24) is 14.7 Å². The number of thiophene rings is 1. The van der Waals surface area contributed by atoms with Gasteiger partial charge in [0.25, 0.3) is 0 Å². The fourth-order valence-corrected chi connectivity index (χ4v) is 4.18. The Labute approximate surface area is 150 Å². The number of likely N-dealkylation sites (tertiary alicyclic amines) is 1. The number of carbonyl (C=O) groups is 3. The fourth-order valence-electron chi connectivity index (χ4n) is 3.05. The number of piperazine rings is 1. The average molecular weight is 370 g/mol. The van der Waals surface area contributed by atoms with Crippen LogP contribution in [0.4, 0.5) is 0 Å². The van der Waals surface area contributed by atoms with E-state index in [4.69, 9.17) is 11.6 Å². The molecule has 0 bridgehead atoms. The van der Waals surface area contributed by atoms with E-state index in [0.29, 0.717) is 13.1 Å². The van der Waals surface area contributed by atoms with Crippen molar-refractivity contribution in [3.8, 4) is 0 Å². The lowest BCUT2D eigenvalue weighted by Crippen LogP contribution is -2.48. The molecule has 8 heteroatoms. The van der Waals surface area contributed by atoms with E-state index in [2.05, 4.69) is 4.90 Å². The first-order valence-electron chi connectivity index (χ1n) is 8.10. The first-order valence-corrected chi connectivity index (χ1v) is 9.30. The Kier molecular flexibility index (Phi) is 5.53. The van der Waals surface area contributed by atoms with Gasteiger partial charge in [-0.15, -0.1) is 11.3 Å². The van der Waals surface area contributed by atoms with E-state index < -0.39 is 0 Å². The predicted octanol–water partition coefficient (Wildman–Crippen LogP) is 1.58. The zero-order chi connectivity index (χ0) is 17.1. The summed E-state index contributed by atoms with van der Waals surface area (Å²) < 4.78 is 0.796. The molecule has 1 aromatic heterocycles.